The van der Waals surface area contributed by atoms with Crippen molar-refractivity contribution in [1.29, 1.82) is 5.26 Å². The summed E-state index contributed by atoms with van der Waals surface area (Å²) in [6.07, 6.45) is 1.90. The Morgan fingerprint density at radius 3 is 2.59 bits per heavy atom. The Morgan fingerprint density at radius 1 is 1.19 bits per heavy atom. The summed E-state index contributed by atoms with van der Waals surface area (Å²) in [6, 6.07) is 17.2. The fraction of sp³-hybridized carbons (Fsp3) is 0.333. The first kappa shape index (κ1) is 19.2. The van der Waals surface area contributed by atoms with E-state index in [0.29, 0.717) is 11.3 Å². The molecular formula is C21H23ClN3O2+. The molecule has 0 radical (unpaired) electrons. The lowest BCUT2D eigenvalue weighted by atomic mass is 10.0. The molecule has 27 heavy (non-hydrogen) atoms. The average molecular weight is 385 g/mol. The lowest BCUT2D eigenvalue weighted by Crippen LogP contribution is -3.12. The molecule has 5 nitrogen and oxygen atoms in total. The second-order valence-corrected chi connectivity index (χ2v) is 7.23. The maximum Gasteiger partial charge on any atom is 0.258 e. The lowest BCUT2D eigenvalue weighted by Gasteiger charge is -2.29. The van der Waals surface area contributed by atoms with Crippen molar-refractivity contribution in [2.75, 3.05) is 19.7 Å². The number of carbonyl (C=O) groups is 1. The monoisotopic (exact) mass is 384 g/mol. The van der Waals surface area contributed by atoms with Gasteiger partial charge >= 0.3 is 0 Å². The van der Waals surface area contributed by atoms with Gasteiger partial charge in [0.15, 0.2) is 6.61 Å². The molecule has 0 spiro atoms. The molecule has 3 rings (SSSR count). The molecule has 1 fully saturated rings. The average Bonchev–Trinajstić information content (AvgIpc) is 2.70. The summed E-state index contributed by atoms with van der Waals surface area (Å²) < 4.78 is 5.49. The highest BCUT2D eigenvalue weighted by atomic mass is 35.5. The Bertz CT molecular complexity index is 809. The zero-order valence-electron chi connectivity index (χ0n) is 15.1. The van der Waals surface area contributed by atoms with E-state index in [0.717, 1.165) is 37.5 Å². The van der Waals surface area contributed by atoms with Crippen LogP contribution in [0.25, 0.3) is 0 Å². The highest BCUT2D eigenvalue weighted by Crippen LogP contribution is 2.16. The van der Waals surface area contributed by atoms with E-state index in [-0.39, 0.29) is 18.6 Å². The number of amides is 1. The van der Waals surface area contributed by atoms with Gasteiger partial charge in [-0.2, -0.15) is 5.26 Å². The van der Waals surface area contributed by atoms with E-state index in [1.54, 1.807) is 24.3 Å². The number of likely N-dealkylation sites (tertiary alicyclic amines) is 1. The molecular weight excluding hydrogens is 362 g/mol. The predicted molar refractivity (Wildman–Crippen MR) is 104 cm³/mol. The van der Waals surface area contributed by atoms with Crippen LogP contribution in [0, 0.1) is 11.3 Å². The van der Waals surface area contributed by atoms with Crippen LogP contribution in [0.2, 0.25) is 5.02 Å². The van der Waals surface area contributed by atoms with Gasteiger partial charge in [-0.25, -0.2) is 0 Å². The van der Waals surface area contributed by atoms with Crippen molar-refractivity contribution in [1.82, 2.24) is 5.32 Å². The molecule has 1 heterocycles. The van der Waals surface area contributed by atoms with Crippen LogP contribution in [-0.4, -0.2) is 31.6 Å². The molecule has 140 valence electrons. The van der Waals surface area contributed by atoms with Crippen molar-refractivity contribution in [3.8, 4) is 11.8 Å². The minimum Gasteiger partial charge on any atom is -0.482 e. The van der Waals surface area contributed by atoms with Crippen molar-refractivity contribution >= 4 is 17.5 Å². The zero-order valence-corrected chi connectivity index (χ0v) is 15.8. The molecule has 0 aliphatic carbocycles. The Morgan fingerprint density at radius 2 is 1.89 bits per heavy atom. The van der Waals surface area contributed by atoms with E-state index >= 15 is 0 Å². The second kappa shape index (κ2) is 9.40. The van der Waals surface area contributed by atoms with Crippen LogP contribution in [-0.2, 0) is 11.3 Å². The van der Waals surface area contributed by atoms with Gasteiger partial charge in [0.25, 0.3) is 5.91 Å². The first-order chi connectivity index (χ1) is 13.1. The van der Waals surface area contributed by atoms with Crippen molar-refractivity contribution in [3.05, 3.63) is 64.7 Å². The number of piperidine rings is 1. The number of carbonyl (C=O) groups excluding carboxylic acids is 1. The van der Waals surface area contributed by atoms with E-state index in [2.05, 4.69) is 23.5 Å². The Balaban J connectivity index is 1.40. The van der Waals surface area contributed by atoms with Gasteiger partial charge in [0, 0.05) is 29.5 Å². The van der Waals surface area contributed by atoms with E-state index in [1.165, 1.54) is 10.5 Å². The number of rotatable bonds is 6. The third-order valence-electron chi connectivity index (χ3n) is 4.79. The Labute approximate surface area is 164 Å². The smallest absolute Gasteiger partial charge is 0.258 e. The van der Waals surface area contributed by atoms with Crippen LogP contribution in [0.15, 0.2) is 48.5 Å². The number of ether oxygens (including phenoxy) is 1. The molecule has 0 aromatic heterocycles. The van der Waals surface area contributed by atoms with Crippen LogP contribution < -0.4 is 15.0 Å². The van der Waals surface area contributed by atoms with E-state index in [9.17, 15) is 4.79 Å². The van der Waals surface area contributed by atoms with Gasteiger partial charge in [-0.3, -0.25) is 4.79 Å². The Kier molecular flexibility index (Phi) is 6.69. The number of hydrogen-bond donors (Lipinski definition) is 2. The van der Waals surface area contributed by atoms with E-state index in [4.69, 9.17) is 21.6 Å². The molecule has 1 amide bonds. The molecule has 0 atom stereocenters. The maximum atomic E-state index is 12.2. The van der Waals surface area contributed by atoms with Gasteiger partial charge in [0.1, 0.15) is 18.4 Å². The van der Waals surface area contributed by atoms with Crippen molar-refractivity contribution in [2.24, 2.45) is 0 Å². The summed E-state index contributed by atoms with van der Waals surface area (Å²) >= 11 is 5.93. The SMILES string of the molecule is N#Cc1ccccc1OCC(=O)NC1CC[NH+](Cc2ccc(Cl)cc2)CC1. The highest BCUT2D eigenvalue weighted by Gasteiger charge is 2.23. The van der Waals surface area contributed by atoms with E-state index in [1.807, 2.05) is 12.1 Å². The molecule has 1 aliphatic heterocycles. The third kappa shape index (κ3) is 5.72. The Hall–Kier alpha value is -2.55. The number of hydrogen-bond acceptors (Lipinski definition) is 3. The molecule has 1 saturated heterocycles. The quantitative estimate of drug-likeness (QED) is 0.800. The normalized spacial score (nSPS) is 19.1. The summed E-state index contributed by atoms with van der Waals surface area (Å²) in [7, 11) is 0. The fourth-order valence-corrected chi connectivity index (χ4v) is 3.46. The zero-order chi connectivity index (χ0) is 19.1. The molecule has 0 bridgehead atoms. The summed E-state index contributed by atoms with van der Waals surface area (Å²) in [5, 5.41) is 12.8. The molecule has 1 aliphatic rings. The second-order valence-electron chi connectivity index (χ2n) is 6.79. The fourth-order valence-electron chi connectivity index (χ4n) is 3.34. The number of quaternary nitrogens is 1. The van der Waals surface area contributed by atoms with Gasteiger partial charge in [-0.05, 0) is 24.3 Å². The van der Waals surface area contributed by atoms with Gasteiger partial charge in [-0.1, -0.05) is 35.9 Å². The van der Waals surface area contributed by atoms with Crippen LogP contribution in [0.3, 0.4) is 0 Å². The van der Waals surface area contributed by atoms with Crippen molar-refractivity contribution in [2.45, 2.75) is 25.4 Å². The summed E-state index contributed by atoms with van der Waals surface area (Å²) in [6.45, 7) is 2.94. The summed E-state index contributed by atoms with van der Waals surface area (Å²) in [5.74, 6) is 0.297. The highest BCUT2D eigenvalue weighted by molar-refractivity contribution is 6.30. The topological polar surface area (TPSA) is 66.6 Å². The van der Waals surface area contributed by atoms with Gasteiger partial charge < -0.3 is 15.0 Å². The molecule has 0 saturated carbocycles. The summed E-state index contributed by atoms with van der Waals surface area (Å²) in [5.41, 5.74) is 1.71. The van der Waals surface area contributed by atoms with E-state index < -0.39 is 0 Å². The van der Waals surface area contributed by atoms with Crippen molar-refractivity contribution in [3.63, 3.8) is 0 Å². The molecule has 0 unspecified atom stereocenters. The number of benzene rings is 2. The molecule has 2 aromatic carbocycles. The van der Waals surface area contributed by atoms with Gasteiger partial charge in [-0.15, -0.1) is 0 Å². The third-order valence-corrected chi connectivity index (χ3v) is 5.04. The molecule has 2 N–H and O–H groups in total. The predicted octanol–water partition coefficient (Wildman–Crippen LogP) is 1.95. The number of nitrogens with zero attached hydrogens (tertiary/aromatic N) is 1. The number of para-hydroxylation sites is 1. The number of halogens is 1. The molecule has 6 heteroatoms. The number of nitrogens with one attached hydrogen (secondary N) is 2. The van der Waals surface area contributed by atoms with Crippen LogP contribution in [0.1, 0.15) is 24.0 Å². The van der Waals surface area contributed by atoms with Crippen LogP contribution >= 0.6 is 11.6 Å². The van der Waals surface area contributed by atoms with Crippen molar-refractivity contribution < 1.29 is 14.4 Å². The first-order valence-corrected chi connectivity index (χ1v) is 9.51. The van der Waals surface area contributed by atoms with Crippen LogP contribution in [0.4, 0.5) is 0 Å². The lowest BCUT2D eigenvalue weighted by molar-refractivity contribution is -0.918. The minimum atomic E-state index is -0.145. The van der Waals surface area contributed by atoms with Crippen LogP contribution in [0.5, 0.6) is 5.75 Å². The minimum absolute atomic E-state index is 0.0729. The van der Waals surface area contributed by atoms with Gasteiger partial charge in [0.2, 0.25) is 0 Å². The standard InChI is InChI=1S/C21H22ClN3O2/c22-18-7-5-16(6-8-18)14-25-11-9-19(10-12-25)24-21(26)15-27-20-4-2-1-3-17(20)13-23/h1-8,19H,9-12,14-15H2,(H,24,26)/p+1. The first-order valence-electron chi connectivity index (χ1n) is 9.13. The summed E-state index contributed by atoms with van der Waals surface area (Å²) in [4.78, 5) is 13.7. The largest absolute Gasteiger partial charge is 0.482 e. The number of nitriles is 1. The maximum absolute atomic E-state index is 12.2. The van der Waals surface area contributed by atoms with Gasteiger partial charge in [0.05, 0.1) is 18.7 Å². The molecule has 2 aromatic rings.